The molecule has 0 aromatic carbocycles. The zero-order valence-electron chi connectivity index (χ0n) is 6.75. The van der Waals surface area contributed by atoms with Crippen LogP contribution < -0.4 is 0 Å². The molecule has 1 atom stereocenters. The van der Waals surface area contributed by atoms with Gasteiger partial charge in [-0.05, 0) is 6.42 Å². The lowest BCUT2D eigenvalue weighted by molar-refractivity contribution is -0.146. The number of rotatable bonds is 5. The number of carbonyl (C=O) groups excluding carboxylic acids is 1. The summed E-state index contributed by atoms with van der Waals surface area (Å²) in [7, 11) is 0. The first-order valence-electron chi connectivity index (χ1n) is 3.60. The molecule has 12 heavy (non-hydrogen) atoms. The lowest BCUT2D eigenvalue weighted by Crippen LogP contribution is -2.20. The molecule has 0 aliphatic carbocycles. The molecule has 1 unspecified atom stereocenters. The maximum Gasteiger partial charge on any atom is 0.320 e. The van der Waals surface area contributed by atoms with Gasteiger partial charge in [-0.15, -0.1) is 0 Å². The summed E-state index contributed by atoms with van der Waals surface area (Å²) in [4.78, 5) is 20.3. The number of hydrogen-bond acceptors (Lipinski definition) is 3. The molecular formula is C7H11BrO4. The predicted octanol–water partition coefficient (Wildman–Crippen LogP) is 1.18. The lowest BCUT2D eigenvalue weighted by Gasteiger charge is -2.06. The molecule has 0 saturated carbocycles. The number of carboxylic acids is 1. The molecular weight excluding hydrogens is 228 g/mol. The van der Waals surface area contributed by atoms with Crippen molar-refractivity contribution in [3.63, 3.8) is 0 Å². The fourth-order valence-corrected chi connectivity index (χ4v) is 0.939. The fraction of sp³-hybridized carbons (Fsp3) is 0.714. The molecule has 0 bridgehead atoms. The van der Waals surface area contributed by atoms with Crippen LogP contribution in [-0.2, 0) is 14.3 Å². The highest BCUT2D eigenvalue weighted by Crippen LogP contribution is 2.07. The van der Waals surface area contributed by atoms with Gasteiger partial charge in [0.1, 0.15) is 4.83 Å². The Bertz CT molecular complexity index is 169. The Balaban J connectivity index is 3.69. The van der Waals surface area contributed by atoms with Crippen LogP contribution >= 0.6 is 15.9 Å². The van der Waals surface area contributed by atoms with Crippen LogP contribution in [0, 0.1) is 0 Å². The predicted molar refractivity (Wildman–Crippen MR) is 46.2 cm³/mol. The van der Waals surface area contributed by atoms with Crippen molar-refractivity contribution < 1.29 is 19.4 Å². The minimum Gasteiger partial charge on any atom is -0.481 e. The van der Waals surface area contributed by atoms with E-state index in [1.54, 1.807) is 0 Å². The second-order valence-corrected chi connectivity index (χ2v) is 3.34. The second-order valence-electron chi connectivity index (χ2n) is 2.23. The van der Waals surface area contributed by atoms with E-state index in [2.05, 4.69) is 15.9 Å². The number of carbonyl (C=O) groups is 2. The van der Waals surface area contributed by atoms with E-state index in [1.807, 2.05) is 6.92 Å². The Morgan fingerprint density at radius 3 is 2.58 bits per heavy atom. The standard InChI is InChI=1S/C7H11BrO4/c1-2-3-12-7(11)5(8)4-6(9)10/h5H,2-4H2,1H3,(H,9,10). The number of carboxylic acid groups (broad SMARTS) is 1. The first-order valence-corrected chi connectivity index (χ1v) is 4.52. The van der Waals surface area contributed by atoms with E-state index in [1.165, 1.54) is 0 Å². The number of halogens is 1. The minimum absolute atomic E-state index is 0.247. The van der Waals surface area contributed by atoms with E-state index in [9.17, 15) is 9.59 Å². The molecule has 70 valence electrons. The lowest BCUT2D eigenvalue weighted by atomic mass is 10.3. The number of ether oxygens (including phenoxy) is 1. The Morgan fingerprint density at radius 1 is 1.58 bits per heavy atom. The van der Waals surface area contributed by atoms with Crippen molar-refractivity contribution in [2.24, 2.45) is 0 Å². The van der Waals surface area contributed by atoms with E-state index >= 15 is 0 Å². The van der Waals surface area contributed by atoms with Gasteiger partial charge in [-0.2, -0.15) is 0 Å². The molecule has 0 saturated heterocycles. The third-order valence-electron chi connectivity index (χ3n) is 1.06. The zero-order chi connectivity index (χ0) is 9.56. The number of esters is 1. The molecule has 0 fully saturated rings. The molecule has 0 heterocycles. The van der Waals surface area contributed by atoms with E-state index in [0.29, 0.717) is 6.61 Å². The van der Waals surface area contributed by atoms with Crippen LogP contribution in [0.1, 0.15) is 19.8 Å². The highest BCUT2D eigenvalue weighted by molar-refractivity contribution is 9.10. The van der Waals surface area contributed by atoms with Gasteiger partial charge >= 0.3 is 11.9 Å². The van der Waals surface area contributed by atoms with Gasteiger partial charge in [0.25, 0.3) is 0 Å². The topological polar surface area (TPSA) is 63.6 Å². The summed E-state index contributed by atoms with van der Waals surface area (Å²) in [5.41, 5.74) is 0. The van der Waals surface area contributed by atoms with Gasteiger partial charge < -0.3 is 9.84 Å². The monoisotopic (exact) mass is 238 g/mol. The van der Waals surface area contributed by atoms with Gasteiger partial charge in [0.2, 0.25) is 0 Å². The van der Waals surface area contributed by atoms with Crippen LogP contribution in [0.4, 0.5) is 0 Å². The SMILES string of the molecule is CCCOC(=O)C(Br)CC(=O)O. The first-order chi connectivity index (χ1) is 5.57. The van der Waals surface area contributed by atoms with Crippen LogP contribution in [0.3, 0.4) is 0 Å². The van der Waals surface area contributed by atoms with E-state index in [0.717, 1.165) is 6.42 Å². The summed E-state index contributed by atoms with van der Waals surface area (Å²) in [6.07, 6.45) is 0.487. The third kappa shape index (κ3) is 5.12. The van der Waals surface area contributed by atoms with Crippen LogP contribution in [0.15, 0.2) is 0 Å². The molecule has 1 N–H and O–H groups in total. The normalized spacial score (nSPS) is 12.2. The fourth-order valence-electron chi connectivity index (χ4n) is 0.530. The Hall–Kier alpha value is -0.580. The van der Waals surface area contributed by atoms with Crippen molar-refractivity contribution >= 4 is 27.9 Å². The van der Waals surface area contributed by atoms with Gasteiger partial charge in [0.05, 0.1) is 13.0 Å². The van der Waals surface area contributed by atoms with Gasteiger partial charge in [0.15, 0.2) is 0 Å². The van der Waals surface area contributed by atoms with Crippen molar-refractivity contribution in [2.75, 3.05) is 6.61 Å². The van der Waals surface area contributed by atoms with Crippen LogP contribution in [-0.4, -0.2) is 28.5 Å². The average Bonchev–Trinajstić information content (AvgIpc) is 1.98. The molecule has 0 spiro atoms. The van der Waals surface area contributed by atoms with Crippen molar-refractivity contribution in [1.82, 2.24) is 0 Å². The largest absolute Gasteiger partial charge is 0.481 e. The van der Waals surface area contributed by atoms with Gasteiger partial charge in [0, 0.05) is 0 Å². The molecule has 5 heteroatoms. The molecule has 0 aliphatic heterocycles. The molecule has 0 aliphatic rings. The molecule has 0 amide bonds. The van der Waals surface area contributed by atoms with Gasteiger partial charge in [-0.3, -0.25) is 9.59 Å². The summed E-state index contributed by atoms with van der Waals surface area (Å²) < 4.78 is 4.70. The molecule has 0 radical (unpaired) electrons. The minimum atomic E-state index is -1.02. The van der Waals surface area contributed by atoms with Gasteiger partial charge in [-0.1, -0.05) is 22.9 Å². The van der Waals surface area contributed by atoms with E-state index in [-0.39, 0.29) is 6.42 Å². The van der Waals surface area contributed by atoms with Crippen molar-refractivity contribution in [3.05, 3.63) is 0 Å². The number of aliphatic carboxylic acids is 1. The Labute approximate surface area is 79.0 Å². The van der Waals surface area contributed by atoms with Crippen molar-refractivity contribution in [1.29, 1.82) is 0 Å². The van der Waals surface area contributed by atoms with Crippen LogP contribution in [0.2, 0.25) is 0 Å². The van der Waals surface area contributed by atoms with Crippen LogP contribution in [0.5, 0.6) is 0 Å². The average molecular weight is 239 g/mol. The second kappa shape index (κ2) is 5.99. The molecule has 4 nitrogen and oxygen atoms in total. The summed E-state index contributed by atoms with van der Waals surface area (Å²) in [6.45, 7) is 2.20. The van der Waals surface area contributed by atoms with E-state index < -0.39 is 16.8 Å². The first kappa shape index (κ1) is 11.4. The molecule has 0 rings (SSSR count). The molecule has 0 aromatic rings. The summed E-state index contributed by atoms with van der Waals surface area (Å²) in [6, 6.07) is 0. The van der Waals surface area contributed by atoms with Crippen LogP contribution in [0.25, 0.3) is 0 Å². The number of hydrogen-bond donors (Lipinski definition) is 1. The summed E-state index contributed by atoms with van der Waals surface area (Å²) in [5.74, 6) is -1.54. The van der Waals surface area contributed by atoms with Crippen molar-refractivity contribution in [3.8, 4) is 0 Å². The summed E-state index contributed by atoms with van der Waals surface area (Å²) in [5, 5.41) is 8.32. The zero-order valence-corrected chi connectivity index (χ0v) is 8.33. The Kier molecular flexibility index (Phi) is 5.70. The Morgan fingerprint density at radius 2 is 2.17 bits per heavy atom. The number of alkyl halides is 1. The quantitative estimate of drug-likeness (QED) is 0.577. The maximum absolute atomic E-state index is 10.9. The van der Waals surface area contributed by atoms with Crippen molar-refractivity contribution in [2.45, 2.75) is 24.6 Å². The van der Waals surface area contributed by atoms with E-state index in [4.69, 9.17) is 9.84 Å². The highest BCUT2D eigenvalue weighted by Gasteiger charge is 2.19. The highest BCUT2D eigenvalue weighted by atomic mass is 79.9. The molecule has 0 aromatic heterocycles. The summed E-state index contributed by atoms with van der Waals surface area (Å²) >= 11 is 2.92. The maximum atomic E-state index is 10.9. The smallest absolute Gasteiger partial charge is 0.320 e. The van der Waals surface area contributed by atoms with Gasteiger partial charge in [-0.25, -0.2) is 0 Å². The third-order valence-corrected chi connectivity index (χ3v) is 1.76.